The number of methoxy groups -OCH3 is 1. The summed E-state index contributed by atoms with van der Waals surface area (Å²) >= 11 is 1.48. The van der Waals surface area contributed by atoms with Gasteiger partial charge in [-0.05, 0) is 29.7 Å². The monoisotopic (exact) mass is 303 g/mol. The van der Waals surface area contributed by atoms with Gasteiger partial charge in [0.2, 0.25) is 5.91 Å². The van der Waals surface area contributed by atoms with Crippen LogP contribution in [0.1, 0.15) is 28.5 Å². The number of carbonyl (C=O) groups excluding carboxylic acids is 1. The van der Waals surface area contributed by atoms with Gasteiger partial charge in [0.25, 0.3) is 0 Å². The number of fused-ring (bicyclic) bond motifs is 1. The van der Waals surface area contributed by atoms with Crippen molar-refractivity contribution in [1.82, 2.24) is 0 Å². The summed E-state index contributed by atoms with van der Waals surface area (Å²) < 4.78 is 5.15. The molecule has 1 aromatic carbocycles. The van der Waals surface area contributed by atoms with Crippen LogP contribution in [-0.2, 0) is 11.2 Å². The zero-order chi connectivity index (χ0) is 15.0. The number of hydrogen-bond donors (Lipinski definition) is 1. The molecule has 0 spiro atoms. The second-order valence-corrected chi connectivity index (χ2v) is 6.08. The summed E-state index contributed by atoms with van der Waals surface area (Å²) in [6.07, 6.45) is 0.593. The van der Waals surface area contributed by atoms with Gasteiger partial charge in [-0.15, -0.1) is 11.3 Å². The fourth-order valence-electron chi connectivity index (χ4n) is 2.60. The van der Waals surface area contributed by atoms with Crippen LogP contribution in [0.25, 0.3) is 0 Å². The molecule has 0 aliphatic carbocycles. The molecule has 1 unspecified atom stereocenters. The third-order valence-corrected chi connectivity index (χ3v) is 4.83. The molecule has 0 bridgehead atoms. The number of nitrogens with zero attached hydrogens (tertiary/aromatic N) is 1. The molecule has 5 heteroatoms. The average Bonchev–Trinajstić information content (AvgIpc) is 2.99. The molecule has 3 rings (SSSR count). The second-order valence-electron chi connectivity index (χ2n) is 5.13. The van der Waals surface area contributed by atoms with Crippen molar-refractivity contribution >= 4 is 22.9 Å². The van der Waals surface area contributed by atoms with Crippen molar-refractivity contribution in [1.29, 1.82) is 0 Å². The lowest BCUT2D eigenvalue weighted by Crippen LogP contribution is -2.31. The highest BCUT2D eigenvalue weighted by molar-refractivity contribution is 7.10. The molecule has 1 aliphatic rings. The minimum Gasteiger partial charge on any atom is -0.496 e. The lowest BCUT2D eigenvalue weighted by molar-refractivity contribution is -0.118. The van der Waals surface area contributed by atoms with E-state index in [1.807, 2.05) is 29.6 Å². The third kappa shape index (κ3) is 2.54. The quantitative estimate of drug-likeness (QED) is 0.948. The normalized spacial score (nSPS) is 15.8. The van der Waals surface area contributed by atoms with Crippen molar-refractivity contribution in [3.63, 3.8) is 0 Å². The fraction of sp³-hybridized carbons (Fsp3) is 0.312. The molecule has 21 heavy (non-hydrogen) atoms. The molecule has 1 atom stereocenters. The first-order valence-corrected chi connectivity index (χ1v) is 7.68. The van der Waals surface area contributed by atoms with Gasteiger partial charge in [-0.1, -0.05) is 12.1 Å². The number of rotatable bonds is 3. The Labute approximate surface area is 127 Å². The SMILES string of the molecule is COc1csc(C(O)c2ccc3c(c2)CCC(=O)N3C)c1. The van der Waals surface area contributed by atoms with Crippen molar-refractivity contribution in [3.05, 3.63) is 45.6 Å². The first-order valence-electron chi connectivity index (χ1n) is 6.80. The van der Waals surface area contributed by atoms with Crippen LogP contribution >= 0.6 is 11.3 Å². The minimum absolute atomic E-state index is 0.138. The van der Waals surface area contributed by atoms with E-state index in [1.54, 1.807) is 19.1 Å². The maximum Gasteiger partial charge on any atom is 0.227 e. The number of thiophene rings is 1. The Morgan fingerprint density at radius 3 is 2.86 bits per heavy atom. The Balaban J connectivity index is 1.91. The third-order valence-electron chi connectivity index (χ3n) is 3.86. The number of aliphatic hydroxyl groups excluding tert-OH is 1. The molecule has 1 amide bonds. The molecule has 2 heterocycles. The van der Waals surface area contributed by atoms with E-state index in [1.165, 1.54) is 11.3 Å². The molecule has 0 saturated heterocycles. The number of hydrogen-bond acceptors (Lipinski definition) is 4. The summed E-state index contributed by atoms with van der Waals surface area (Å²) in [6.45, 7) is 0. The van der Waals surface area contributed by atoms with E-state index < -0.39 is 6.10 Å². The summed E-state index contributed by atoms with van der Waals surface area (Å²) in [5.74, 6) is 0.899. The van der Waals surface area contributed by atoms with Crippen LogP contribution in [0.2, 0.25) is 0 Å². The van der Waals surface area contributed by atoms with Crippen LogP contribution in [0.5, 0.6) is 5.75 Å². The van der Waals surface area contributed by atoms with E-state index in [-0.39, 0.29) is 5.91 Å². The number of amides is 1. The first-order chi connectivity index (χ1) is 10.1. The van der Waals surface area contributed by atoms with Gasteiger partial charge in [-0.3, -0.25) is 4.79 Å². The number of anilines is 1. The maximum absolute atomic E-state index is 11.7. The molecule has 1 aromatic heterocycles. The predicted octanol–water partition coefficient (Wildman–Crippen LogP) is 2.75. The molecule has 1 aliphatic heterocycles. The Bertz CT molecular complexity index is 680. The van der Waals surface area contributed by atoms with E-state index >= 15 is 0 Å². The van der Waals surface area contributed by atoms with Crippen LogP contribution in [0.3, 0.4) is 0 Å². The number of aryl methyl sites for hydroxylation is 1. The van der Waals surface area contributed by atoms with Crippen molar-refractivity contribution in [2.45, 2.75) is 18.9 Å². The Morgan fingerprint density at radius 1 is 1.33 bits per heavy atom. The van der Waals surface area contributed by atoms with E-state index in [2.05, 4.69) is 0 Å². The average molecular weight is 303 g/mol. The zero-order valence-corrected chi connectivity index (χ0v) is 12.8. The van der Waals surface area contributed by atoms with Gasteiger partial charge in [0.1, 0.15) is 11.9 Å². The van der Waals surface area contributed by atoms with Crippen LogP contribution < -0.4 is 9.64 Å². The second kappa shape index (κ2) is 5.50. The summed E-state index contributed by atoms with van der Waals surface area (Å²) in [6, 6.07) is 7.64. The largest absolute Gasteiger partial charge is 0.496 e. The van der Waals surface area contributed by atoms with Crippen LogP contribution in [0.15, 0.2) is 29.6 Å². The molecular formula is C16H17NO3S. The Morgan fingerprint density at radius 2 is 2.14 bits per heavy atom. The van der Waals surface area contributed by atoms with Gasteiger partial charge >= 0.3 is 0 Å². The smallest absolute Gasteiger partial charge is 0.227 e. The van der Waals surface area contributed by atoms with Crippen molar-refractivity contribution in [3.8, 4) is 5.75 Å². The summed E-state index contributed by atoms with van der Waals surface area (Å²) in [4.78, 5) is 14.2. The lowest BCUT2D eigenvalue weighted by atomic mass is 9.97. The van der Waals surface area contributed by atoms with Gasteiger partial charge in [0.05, 0.1) is 7.11 Å². The molecule has 1 N–H and O–H groups in total. The van der Waals surface area contributed by atoms with Gasteiger partial charge < -0.3 is 14.7 Å². The number of ether oxygens (including phenoxy) is 1. The van der Waals surface area contributed by atoms with E-state index in [0.717, 1.165) is 33.9 Å². The van der Waals surface area contributed by atoms with E-state index in [9.17, 15) is 9.90 Å². The van der Waals surface area contributed by atoms with Crippen molar-refractivity contribution in [2.75, 3.05) is 19.1 Å². The van der Waals surface area contributed by atoms with Crippen LogP contribution in [0.4, 0.5) is 5.69 Å². The Kier molecular flexibility index (Phi) is 3.69. The number of carbonyl (C=O) groups is 1. The Hall–Kier alpha value is -1.85. The highest BCUT2D eigenvalue weighted by Crippen LogP contribution is 2.34. The van der Waals surface area contributed by atoms with Crippen LogP contribution in [-0.4, -0.2) is 25.2 Å². The van der Waals surface area contributed by atoms with Gasteiger partial charge in [0, 0.05) is 29.4 Å². The van der Waals surface area contributed by atoms with Crippen LogP contribution in [0, 0.1) is 0 Å². The summed E-state index contributed by atoms with van der Waals surface area (Å²) in [7, 11) is 3.41. The summed E-state index contributed by atoms with van der Waals surface area (Å²) in [5.41, 5.74) is 2.89. The zero-order valence-electron chi connectivity index (χ0n) is 12.0. The predicted molar refractivity (Wildman–Crippen MR) is 83.1 cm³/mol. The van der Waals surface area contributed by atoms with Gasteiger partial charge in [-0.25, -0.2) is 0 Å². The number of aliphatic hydroxyl groups is 1. The molecule has 2 aromatic rings. The number of benzene rings is 1. The topological polar surface area (TPSA) is 49.8 Å². The van der Waals surface area contributed by atoms with Crippen molar-refractivity contribution < 1.29 is 14.6 Å². The molecule has 110 valence electrons. The highest BCUT2D eigenvalue weighted by Gasteiger charge is 2.22. The molecule has 4 nitrogen and oxygen atoms in total. The van der Waals surface area contributed by atoms with Crippen molar-refractivity contribution in [2.24, 2.45) is 0 Å². The standard InChI is InChI=1S/C16H17NO3S/c1-17-13-5-3-11(7-10(13)4-6-15(17)18)16(19)14-8-12(20-2)9-21-14/h3,5,7-9,16,19H,4,6H2,1-2H3. The fourth-order valence-corrected chi connectivity index (χ4v) is 3.46. The lowest BCUT2D eigenvalue weighted by Gasteiger charge is -2.26. The molecular weight excluding hydrogens is 286 g/mol. The van der Waals surface area contributed by atoms with E-state index in [0.29, 0.717) is 6.42 Å². The molecule has 0 radical (unpaired) electrons. The molecule has 0 saturated carbocycles. The molecule has 0 fully saturated rings. The summed E-state index contributed by atoms with van der Waals surface area (Å²) in [5, 5.41) is 12.4. The minimum atomic E-state index is -0.660. The van der Waals surface area contributed by atoms with E-state index in [4.69, 9.17) is 4.74 Å². The first kappa shape index (κ1) is 14.1. The maximum atomic E-state index is 11.7. The highest BCUT2D eigenvalue weighted by atomic mass is 32.1. The van der Waals surface area contributed by atoms with Gasteiger partial charge in [-0.2, -0.15) is 0 Å². The van der Waals surface area contributed by atoms with Gasteiger partial charge in [0.15, 0.2) is 0 Å².